The fourth-order valence-corrected chi connectivity index (χ4v) is 4.59. The number of para-hydroxylation sites is 1. The summed E-state index contributed by atoms with van der Waals surface area (Å²) in [5, 5.41) is 3.66. The van der Waals surface area contributed by atoms with Crippen LogP contribution in [-0.2, 0) is 16.7 Å². The minimum Gasteiger partial charge on any atom is -0.496 e. The first kappa shape index (κ1) is 23.6. The van der Waals surface area contributed by atoms with Gasteiger partial charge in [0, 0.05) is 24.1 Å². The summed E-state index contributed by atoms with van der Waals surface area (Å²) in [4.78, 5) is 0. The smallest absolute Gasteiger partial charge is 0.122 e. The third kappa shape index (κ3) is 6.24. The van der Waals surface area contributed by atoms with Crippen molar-refractivity contribution >= 4 is 0 Å². The molecule has 0 spiro atoms. The number of rotatable bonds is 10. The van der Waals surface area contributed by atoms with E-state index in [1.165, 1.54) is 11.1 Å². The molecule has 1 fully saturated rings. The van der Waals surface area contributed by atoms with Gasteiger partial charge in [-0.3, -0.25) is 0 Å². The molecule has 3 rings (SSSR count). The van der Waals surface area contributed by atoms with Crippen LogP contribution in [0.15, 0.2) is 48.5 Å². The lowest BCUT2D eigenvalue weighted by Crippen LogP contribution is -2.42. The zero-order chi connectivity index (χ0) is 22.3. The molecule has 0 unspecified atom stereocenters. The van der Waals surface area contributed by atoms with E-state index >= 15 is 0 Å². The van der Waals surface area contributed by atoms with Crippen LogP contribution in [0.5, 0.6) is 11.5 Å². The lowest BCUT2D eigenvalue weighted by molar-refractivity contribution is -0.0473. The van der Waals surface area contributed by atoms with E-state index in [0.717, 1.165) is 50.5 Å². The second-order valence-corrected chi connectivity index (χ2v) is 9.33. The van der Waals surface area contributed by atoms with Crippen molar-refractivity contribution in [1.82, 2.24) is 5.32 Å². The van der Waals surface area contributed by atoms with E-state index in [1.54, 1.807) is 7.11 Å². The van der Waals surface area contributed by atoms with Crippen LogP contribution < -0.4 is 14.8 Å². The van der Waals surface area contributed by atoms with Gasteiger partial charge in [0.1, 0.15) is 11.5 Å². The van der Waals surface area contributed by atoms with Crippen LogP contribution in [0.4, 0.5) is 0 Å². The molecule has 31 heavy (non-hydrogen) atoms. The van der Waals surface area contributed by atoms with Crippen molar-refractivity contribution < 1.29 is 14.2 Å². The molecule has 1 heterocycles. The van der Waals surface area contributed by atoms with Crippen LogP contribution >= 0.6 is 0 Å². The van der Waals surface area contributed by atoms with E-state index < -0.39 is 0 Å². The molecule has 0 aliphatic carbocycles. The fourth-order valence-electron chi connectivity index (χ4n) is 4.59. The quantitative estimate of drug-likeness (QED) is 0.493. The lowest BCUT2D eigenvalue weighted by atomic mass is 9.68. The van der Waals surface area contributed by atoms with Gasteiger partial charge >= 0.3 is 0 Å². The van der Waals surface area contributed by atoms with Gasteiger partial charge in [-0.15, -0.1) is 0 Å². The summed E-state index contributed by atoms with van der Waals surface area (Å²) < 4.78 is 17.6. The van der Waals surface area contributed by atoms with E-state index in [2.05, 4.69) is 67.7 Å². The highest BCUT2D eigenvalue weighted by Crippen LogP contribution is 2.45. The van der Waals surface area contributed by atoms with Gasteiger partial charge in [-0.1, -0.05) is 44.2 Å². The van der Waals surface area contributed by atoms with Crippen molar-refractivity contribution in [3.05, 3.63) is 59.7 Å². The van der Waals surface area contributed by atoms with Gasteiger partial charge in [-0.2, -0.15) is 0 Å². The maximum Gasteiger partial charge on any atom is 0.122 e. The summed E-state index contributed by atoms with van der Waals surface area (Å²) >= 11 is 0. The van der Waals surface area contributed by atoms with E-state index in [4.69, 9.17) is 14.2 Å². The Hall–Kier alpha value is -2.04. The van der Waals surface area contributed by atoms with Crippen molar-refractivity contribution in [2.24, 2.45) is 5.92 Å². The highest BCUT2D eigenvalue weighted by molar-refractivity contribution is 5.40. The van der Waals surface area contributed by atoms with Crippen LogP contribution in [0, 0.1) is 5.92 Å². The molecule has 2 aromatic rings. The first-order valence-corrected chi connectivity index (χ1v) is 11.6. The van der Waals surface area contributed by atoms with E-state index in [0.29, 0.717) is 5.92 Å². The Morgan fingerprint density at radius 1 is 1.06 bits per heavy atom. The van der Waals surface area contributed by atoms with Crippen LogP contribution in [0.2, 0.25) is 0 Å². The average Bonchev–Trinajstić information content (AvgIpc) is 2.77. The Bertz CT molecular complexity index is 802. The third-order valence-corrected chi connectivity index (χ3v) is 6.33. The summed E-state index contributed by atoms with van der Waals surface area (Å²) in [5.41, 5.74) is 2.67. The molecule has 0 saturated carbocycles. The molecule has 1 aliphatic rings. The van der Waals surface area contributed by atoms with E-state index in [-0.39, 0.29) is 17.6 Å². The molecule has 1 aliphatic heterocycles. The molecule has 0 amide bonds. The predicted molar refractivity (Wildman–Crippen MR) is 127 cm³/mol. The van der Waals surface area contributed by atoms with E-state index in [1.807, 2.05) is 13.8 Å². The molecule has 170 valence electrons. The van der Waals surface area contributed by atoms with E-state index in [9.17, 15) is 0 Å². The number of benzene rings is 2. The molecule has 0 aromatic heterocycles. The van der Waals surface area contributed by atoms with Crippen molar-refractivity contribution in [2.45, 2.75) is 71.1 Å². The van der Waals surface area contributed by atoms with Crippen molar-refractivity contribution in [2.75, 3.05) is 20.3 Å². The molecule has 2 atom stereocenters. The number of hydrogen-bond acceptors (Lipinski definition) is 4. The summed E-state index contributed by atoms with van der Waals surface area (Å²) in [6.07, 6.45) is 3.61. The second kappa shape index (κ2) is 11.0. The largest absolute Gasteiger partial charge is 0.496 e. The van der Waals surface area contributed by atoms with Crippen molar-refractivity contribution in [3.8, 4) is 11.5 Å². The molecule has 4 nitrogen and oxygen atoms in total. The highest BCUT2D eigenvalue weighted by Gasteiger charge is 2.40. The van der Waals surface area contributed by atoms with Crippen LogP contribution in [0.3, 0.4) is 0 Å². The SMILES string of the molecule is COc1ccccc1[C@@]1(CCNCc2ccc(OC(C)C)cc2)CCO[C@@H](C(C)C)C1. The Labute approximate surface area is 188 Å². The van der Waals surface area contributed by atoms with Gasteiger partial charge in [-0.05, 0) is 69.3 Å². The zero-order valence-electron chi connectivity index (χ0n) is 19.8. The van der Waals surface area contributed by atoms with Gasteiger partial charge in [0.15, 0.2) is 0 Å². The number of methoxy groups -OCH3 is 1. The average molecular weight is 426 g/mol. The summed E-state index contributed by atoms with van der Waals surface area (Å²) in [5.74, 6) is 2.43. The fraction of sp³-hybridized carbons (Fsp3) is 0.556. The van der Waals surface area contributed by atoms with Crippen LogP contribution in [0.1, 0.15) is 58.1 Å². The normalized spacial score (nSPS) is 21.5. The summed E-state index contributed by atoms with van der Waals surface area (Å²) in [7, 11) is 1.77. The minimum absolute atomic E-state index is 0.0712. The summed E-state index contributed by atoms with van der Waals surface area (Å²) in [6.45, 7) is 11.2. The first-order chi connectivity index (χ1) is 14.9. The monoisotopic (exact) mass is 425 g/mol. The zero-order valence-corrected chi connectivity index (χ0v) is 19.8. The molecule has 4 heteroatoms. The molecular formula is C27H39NO3. The highest BCUT2D eigenvalue weighted by atomic mass is 16.5. The Balaban J connectivity index is 1.67. The minimum atomic E-state index is 0.0712. The van der Waals surface area contributed by atoms with Gasteiger partial charge in [0.25, 0.3) is 0 Å². The topological polar surface area (TPSA) is 39.7 Å². The maximum atomic E-state index is 6.13. The molecular weight excluding hydrogens is 386 g/mol. The number of ether oxygens (including phenoxy) is 3. The van der Waals surface area contributed by atoms with Crippen molar-refractivity contribution in [3.63, 3.8) is 0 Å². The number of nitrogens with one attached hydrogen (secondary N) is 1. The van der Waals surface area contributed by atoms with Crippen molar-refractivity contribution in [1.29, 1.82) is 0 Å². The first-order valence-electron chi connectivity index (χ1n) is 11.6. The standard InChI is InChI=1S/C27H39NO3/c1-20(2)26-18-27(15-17-30-26,24-8-6-7-9-25(24)29-5)14-16-28-19-22-10-12-23(13-11-22)31-21(3)4/h6-13,20-21,26,28H,14-19H2,1-5H3/t26-,27+/m1/s1. The second-order valence-electron chi connectivity index (χ2n) is 9.33. The molecule has 2 aromatic carbocycles. The lowest BCUT2D eigenvalue weighted by Gasteiger charge is -2.43. The molecule has 0 radical (unpaired) electrons. The van der Waals surface area contributed by atoms with Crippen LogP contribution in [0.25, 0.3) is 0 Å². The Morgan fingerprint density at radius 3 is 2.48 bits per heavy atom. The number of hydrogen-bond donors (Lipinski definition) is 1. The maximum absolute atomic E-state index is 6.13. The Kier molecular flexibility index (Phi) is 8.39. The molecule has 1 saturated heterocycles. The van der Waals surface area contributed by atoms with Gasteiger partial charge in [0.2, 0.25) is 0 Å². The third-order valence-electron chi connectivity index (χ3n) is 6.33. The predicted octanol–water partition coefficient (Wildman–Crippen LogP) is 5.74. The van der Waals surface area contributed by atoms with Gasteiger partial charge in [0.05, 0.1) is 19.3 Å². The summed E-state index contributed by atoms with van der Waals surface area (Å²) in [6, 6.07) is 16.9. The molecule has 1 N–H and O–H groups in total. The van der Waals surface area contributed by atoms with Gasteiger partial charge in [-0.25, -0.2) is 0 Å². The Morgan fingerprint density at radius 2 is 1.81 bits per heavy atom. The van der Waals surface area contributed by atoms with Gasteiger partial charge < -0.3 is 19.5 Å². The molecule has 0 bridgehead atoms. The van der Waals surface area contributed by atoms with Crippen LogP contribution in [-0.4, -0.2) is 32.5 Å².